The molecule has 1 heterocycles. The number of benzene rings is 2. The molecule has 0 saturated heterocycles. The Morgan fingerprint density at radius 2 is 1.89 bits per heavy atom. The van der Waals surface area contributed by atoms with E-state index in [0.717, 1.165) is 10.8 Å². The van der Waals surface area contributed by atoms with Crippen molar-refractivity contribution in [3.05, 3.63) is 53.4 Å². The Hall–Kier alpha value is -1.71. The van der Waals surface area contributed by atoms with Gasteiger partial charge in [-0.15, -0.1) is 11.6 Å². The summed E-state index contributed by atoms with van der Waals surface area (Å²) in [5, 5.41) is 2.50. The van der Waals surface area contributed by atoms with Gasteiger partial charge in [-0.1, -0.05) is 35.9 Å². The van der Waals surface area contributed by atoms with E-state index in [4.69, 9.17) is 32.4 Å². The zero-order valence-corrected chi connectivity index (χ0v) is 11.3. The zero-order valence-electron chi connectivity index (χ0n) is 9.77. The topological polar surface area (TPSA) is 35.3 Å². The van der Waals surface area contributed by atoms with Gasteiger partial charge in [0.25, 0.3) is 0 Å². The summed E-state index contributed by atoms with van der Waals surface area (Å²) in [4.78, 5) is 4.10. The molecule has 0 fully saturated rings. The fourth-order valence-electron chi connectivity index (χ4n) is 1.81. The number of alkyl halides is 1. The SMILES string of the molecule is ClCc1coc(Oc2ccc(Cl)c3ccccc23)n1. The number of oxazole rings is 1. The van der Waals surface area contributed by atoms with Crippen molar-refractivity contribution < 1.29 is 9.15 Å². The molecule has 0 saturated carbocycles. The summed E-state index contributed by atoms with van der Waals surface area (Å²) in [7, 11) is 0. The lowest BCUT2D eigenvalue weighted by molar-refractivity contribution is 0.333. The van der Waals surface area contributed by atoms with E-state index in [-0.39, 0.29) is 12.0 Å². The maximum atomic E-state index is 6.15. The van der Waals surface area contributed by atoms with Crippen LogP contribution in [-0.4, -0.2) is 4.98 Å². The van der Waals surface area contributed by atoms with Crippen molar-refractivity contribution in [3.8, 4) is 11.8 Å². The molecule has 0 unspecified atom stereocenters. The second-order valence-electron chi connectivity index (χ2n) is 3.93. The predicted octanol–water partition coefficient (Wildman–Crippen LogP) is 5.01. The first-order valence-electron chi connectivity index (χ1n) is 5.63. The number of hydrogen-bond acceptors (Lipinski definition) is 3. The molecule has 0 radical (unpaired) electrons. The van der Waals surface area contributed by atoms with Crippen LogP contribution < -0.4 is 4.74 Å². The number of halogens is 2. The average Bonchev–Trinajstić information content (AvgIpc) is 2.90. The maximum Gasteiger partial charge on any atom is 0.399 e. The molecule has 0 spiro atoms. The molecule has 1 aromatic heterocycles. The van der Waals surface area contributed by atoms with Gasteiger partial charge in [0.15, 0.2) is 0 Å². The minimum absolute atomic E-state index is 0.170. The highest BCUT2D eigenvalue weighted by atomic mass is 35.5. The molecule has 0 bridgehead atoms. The lowest BCUT2D eigenvalue weighted by atomic mass is 10.1. The molecule has 0 aliphatic carbocycles. The van der Waals surface area contributed by atoms with Crippen molar-refractivity contribution in [3.63, 3.8) is 0 Å². The molecular formula is C14H9Cl2NO2. The predicted molar refractivity (Wildman–Crippen MR) is 75.1 cm³/mol. The average molecular weight is 294 g/mol. The molecule has 3 aromatic rings. The van der Waals surface area contributed by atoms with Gasteiger partial charge in [0, 0.05) is 15.8 Å². The second-order valence-corrected chi connectivity index (χ2v) is 4.61. The van der Waals surface area contributed by atoms with E-state index < -0.39 is 0 Å². The van der Waals surface area contributed by atoms with Crippen molar-refractivity contribution in [2.24, 2.45) is 0 Å². The van der Waals surface area contributed by atoms with Crippen LogP contribution in [0.4, 0.5) is 0 Å². The van der Waals surface area contributed by atoms with E-state index in [2.05, 4.69) is 4.98 Å². The van der Waals surface area contributed by atoms with Crippen LogP contribution >= 0.6 is 23.2 Å². The molecule has 2 aromatic carbocycles. The minimum atomic E-state index is 0.170. The van der Waals surface area contributed by atoms with Crippen molar-refractivity contribution in [2.45, 2.75) is 5.88 Å². The van der Waals surface area contributed by atoms with E-state index in [1.165, 1.54) is 6.26 Å². The smallest absolute Gasteiger partial charge is 0.399 e. The van der Waals surface area contributed by atoms with Crippen LogP contribution in [0.3, 0.4) is 0 Å². The maximum absolute atomic E-state index is 6.15. The number of aromatic nitrogens is 1. The normalized spacial score (nSPS) is 10.8. The van der Waals surface area contributed by atoms with E-state index >= 15 is 0 Å². The van der Waals surface area contributed by atoms with Crippen molar-refractivity contribution in [1.29, 1.82) is 0 Å². The highest BCUT2D eigenvalue weighted by Crippen LogP contribution is 2.33. The summed E-state index contributed by atoms with van der Waals surface area (Å²) in [6.45, 7) is 0. The molecule has 0 aliphatic rings. The third kappa shape index (κ3) is 2.39. The van der Waals surface area contributed by atoms with E-state index in [0.29, 0.717) is 16.5 Å². The van der Waals surface area contributed by atoms with Gasteiger partial charge in [-0.25, -0.2) is 0 Å². The van der Waals surface area contributed by atoms with E-state index in [1.54, 1.807) is 12.1 Å². The number of rotatable bonds is 3. The van der Waals surface area contributed by atoms with Gasteiger partial charge in [-0.05, 0) is 12.1 Å². The van der Waals surface area contributed by atoms with Crippen molar-refractivity contribution in [2.75, 3.05) is 0 Å². The Labute approximate surface area is 119 Å². The zero-order chi connectivity index (χ0) is 13.2. The van der Waals surface area contributed by atoms with Crippen LogP contribution in [0.1, 0.15) is 5.69 Å². The minimum Gasteiger partial charge on any atom is -0.417 e. The first-order chi connectivity index (χ1) is 9.28. The van der Waals surface area contributed by atoms with E-state index in [1.807, 2.05) is 24.3 Å². The summed E-state index contributed by atoms with van der Waals surface area (Å²) < 4.78 is 10.8. The van der Waals surface area contributed by atoms with Gasteiger partial charge in [0.2, 0.25) is 0 Å². The monoisotopic (exact) mass is 293 g/mol. The van der Waals surface area contributed by atoms with Crippen LogP contribution in [0.2, 0.25) is 5.02 Å². The van der Waals surface area contributed by atoms with Crippen LogP contribution in [0.15, 0.2) is 47.1 Å². The molecule has 3 nitrogen and oxygen atoms in total. The van der Waals surface area contributed by atoms with Crippen LogP contribution in [0, 0.1) is 0 Å². The van der Waals surface area contributed by atoms with Crippen LogP contribution in [0.5, 0.6) is 11.8 Å². The summed E-state index contributed by atoms with van der Waals surface area (Å²) in [6, 6.07) is 11.3. The number of hydrogen-bond donors (Lipinski definition) is 0. The Bertz CT molecular complexity index is 724. The second kappa shape index (κ2) is 5.11. The lowest BCUT2D eigenvalue weighted by Crippen LogP contribution is -1.87. The largest absolute Gasteiger partial charge is 0.417 e. The Balaban J connectivity index is 2.03. The highest BCUT2D eigenvalue weighted by Gasteiger charge is 2.10. The third-order valence-corrected chi connectivity index (χ3v) is 3.30. The molecule has 3 rings (SSSR count). The Kier molecular flexibility index (Phi) is 3.32. The summed E-state index contributed by atoms with van der Waals surface area (Å²) in [6.07, 6.45) is 1.64. The molecule has 0 aliphatic heterocycles. The fourth-order valence-corrected chi connectivity index (χ4v) is 2.16. The van der Waals surface area contributed by atoms with Gasteiger partial charge in [-0.2, -0.15) is 4.98 Å². The van der Waals surface area contributed by atoms with Crippen molar-refractivity contribution >= 4 is 34.0 Å². The van der Waals surface area contributed by atoms with Gasteiger partial charge in [0.05, 0.1) is 11.6 Å². The lowest BCUT2D eigenvalue weighted by Gasteiger charge is -2.06. The van der Waals surface area contributed by atoms with Crippen LogP contribution in [-0.2, 0) is 5.88 Å². The third-order valence-electron chi connectivity index (χ3n) is 2.70. The standard InChI is InChI=1S/C14H9Cl2NO2/c15-7-9-8-18-14(17-9)19-13-6-5-12(16)10-3-1-2-4-11(10)13/h1-6,8H,7H2. The van der Waals surface area contributed by atoms with Gasteiger partial charge < -0.3 is 9.15 Å². The molecule has 19 heavy (non-hydrogen) atoms. The molecule has 5 heteroatoms. The number of nitrogens with zero attached hydrogens (tertiary/aromatic N) is 1. The molecule has 0 N–H and O–H groups in total. The molecular weight excluding hydrogens is 285 g/mol. The quantitative estimate of drug-likeness (QED) is 0.637. The molecule has 0 atom stereocenters. The summed E-state index contributed by atoms with van der Waals surface area (Å²) >= 11 is 11.8. The Morgan fingerprint density at radius 3 is 2.63 bits per heavy atom. The van der Waals surface area contributed by atoms with Gasteiger partial charge >= 0.3 is 6.08 Å². The van der Waals surface area contributed by atoms with E-state index in [9.17, 15) is 0 Å². The fraction of sp³-hybridized carbons (Fsp3) is 0.0714. The number of fused-ring (bicyclic) bond motifs is 1. The van der Waals surface area contributed by atoms with Gasteiger partial charge in [0.1, 0.15) is 12.0 Å². The molecule has 96 valence electrons. The molecule has 0 amide bonds. The van der Waals surface area contributed by atoms with Crippen LogP contribution in [0.25, 0.3) is 10.8 Å². The summed E-state index contributed by atoms with van der Waals surface area (Å²) in [5.74, 6) is 0.928. The Morgan fingerprint density at radius 1 is 1.11 bits per heavy atom. The highest BCUT2D eigenvalue weighted by molar-refractivity contribution is 6.35. The first kappa shape index (κ1) is 12.3. The van der Waals surface area contributed by atoms with Crippen molar-refractivity contribution in [1.82, 2.24) is 4.98 Å². The summed E-state index contributed by atoms with van der Waals surface area (Å²) in [5.41, 5.74) is 0.634. The number of ether oxygens (including phenoxy) is 1. The first-order valence-corrected chi connectivity index (χ1v) is 6.54. The van der Waals surface area contributed by atoms with Gasteiger partial charge in [-0.3, -0.25) is 0 Å².